The Bertz CT molecular complexity index is 433. The van der Waals surface area contributed by atoms with E-state index in [0.717, 1.165) is 30.1 Å². The standard InChI is InChI=1S/C5H8N2.C4H8NO.2ClH.Pt/c1-6-3-4-7(2)5-6;1-3-6-4-2-5-1;;;/h3-4H,1-2H3;1-4H2;2*1H;/q;-1;;;+3/p-2. The predicted octanol–water partition coefficient (Wildman–Crippen LogP) is 1.60. The van der Waals surface area contributed by atoms with E-state index in [1.54, 1.807) is 0 Å². The third-order valence-corrected chi connectivity index (χ3v) is 12.3. The number of halogens is 2. The molecule has 2 rings (SSSR count). The monoisotopic (exact) mass is 447 g/mol. The molecule has 0 bridgehead atoms. The molecule has 1 aromatic heterocycles. The van der Waals surface area contributed by atoms with Crippen LogP contribution in [0.4, 0.5) is 0 Å². The Labute approximate surface area is 106 Å². The van der Waals surface area contributed by atoms with Gasteiger partial charge in [-0.25, -0.2) is 0 Å². The van der Waals surface area contributed by atoms with E-state index in [4.69, 9.17) is 23.6 Å². The second-order valence-corrected chi connectivity index (χ2v) is 15.2. The van der Waals surface area contributed by atoms with Crippen LogP contribution in [0.2, 0.25) is 0 Å². The zero-order valence-corrected chi connectivity index (χ0v) is 13.1. The molecule has 0 N–H and O–H groups in total. The number of aryl methyl sites for hydroxylation is 2. The molecule has 0 amide bonds. The Balaban J connectivity index is 2.54. The zero-order valence-electron chi connectivity index (χ0n) is 9.31. The number of imidazole rings is 1. The average molecular weight is 448 g/mol. The molecule has 0 atom stereocenters. The third kappa shape index (κ3) is 2.32. The van der Waals surface area contributed by atoms with E-state index in [0.29, 0.717) is 0 Å². The summed E-state index contributed by atoms with van der Waals surface area (Å²) in [5.74, 6) is 0. The zero-order chi connectivity index (χ0) is 11.8. The summed E-state index contributed by atoms with van der Waals surface area (Å²) in [5.41, 5.74) is 0. The molecule has 0 aliphatic carbocycles. The van der Waals surface area contributed by atoms with Crippen molar-refractivity contribution in [2.24, 2.45) is 14.1 Å². The number of rotatable bonds is 1. The molecule has 1 aliphatic heterocycles. The average Bonchev–Trinajstić information content (AvgIpc) is 2.60. The molecule has 1 saturated heterocycles. The van der Waals surface area contributed by atoms with Crippen molar-refractivity contribution in [3.8, 4) is 0 Å². The van der Waals surface area contributed by atoms with Gasteiger partial charge in [-0.2, -0.15) is 0 Å². The second-order valence-electron chi connectivity index (χ2n) is 3.59. The predicted molar refractivity (Wildman–Crippen MR) is 61.7 cm³/mol. The van der Waals surface area contributed by atoms with Crippen LogP contribution in [0, 0.1) is 3.80 Å². The fourth-order valence-corrected chi connectivity index (χ4v) is 10.7. The molecule has 1 aromatic rings. The summed E-state index contributed by atoms with van der Waals surface area (Å²) < 4.78 is 12.6. The summed E-state index contributed by atoms with van der Waals surface area (Å²) in [4.78, 5) is 0. The molecule has 7 heteroatoms. The topological polar surface area (TPSA) is 22.3 Å². The van der Waals surface area contributed by atoms with Gasteiger partial charge in [0.25, 0.3) is 0 Å². The van der Waals surface area contributed by atoms with E-state index in [2.05, 4.69) is 3.46 Å². The minimum absolute atomic E-state index is 0.721. The maximum atomic E-state index is 6.67. The number of ether oxygens (including phenoxy) is 1. The van der Waals surface area contributed by atoms with Gasteiger partial charge in [-0.3, -0.25) is 0 Å². The molecule has 0 unspecified atom stereocenters. The molecule has 0 saturated carbocycles. The van der Waals surface area contributed by atoms with E-state index < -0.39 is 13.8 Å². The first kappa shape index (κ1) is 12.8. The first-order valence-corrected chi connectivity index (χ1v) is 12.7. The molecule has 0 radical (unpaired) electrons. The van der Waals surface area contributed by atoms with Gasteiger partial charge in [-0.05, 0) is 0 Å². The number of morpholine rings is 1. The van der Waals surface area contributed by atoms with Gasteiger partial charge in [-0.1, -0.05) is 0 Å². The summed E-state index contributed by atoms with van der Waals surface area (Å²) >= 11 is -3.07. The van der Waals surface area contributed by atoms with Gasteiger partial charge in [0, 0.05) is 0 Å². The van der Waals surface area contributed by atoms with Gasteiger partial charge in [-0.15, -0.1) is 0 Å². The van der Waals surface area contributed by atoms with Gasteiger partial charge in [0.05, 0.1) is 0 Å². The van der Waals surface area contributed by atoms with E-state index >= 15 is 0 Å². The van der Waals surface area contributed by atoms with Gasteiger partial charge in [0.15, 0.2) is 0 Å². The molecule has 1 aliphatic rings. The molecule has 0 spiro atoms. The van der Waals surface area contributed by atoms with Crippen molar-refractivity contribution >= 4 is 18.8 Å². The number of hydrogen-bond donors (Lipinski definition) is 0. The van der Waals surface area contributed by atoms with Crippen molar-refractivity contribution in [3.63, 3.8) is 0 Å². The Hall–Kier alpha value is 0.398. The minimum atomic E-state index is -3.07. The summed E-state index contributed by atoms with van der Waals surface area (Å²) in [6, 6.07) is 0. The SMILES string of the molecule is Cn1ccn(C)[c]1=[Pt]([Cl])([Cl])[N]1CCOCC1. The third-order valence-electron chi connectivity index (χ3n) is 2.40. The van der Waals surface area contributed by atoms with E-state index in [-0.39, 0.29) is 0 Å². The summed E-state index contributed by atoms with van der Waals surface area (Å²) in [6.07, 6.45) is 3.97. The van der Waals surface area contributed by atoms with Crippen LogP contribution in [0.15, 0.2) is 12.4 Å². The fraction of sp³-hybridized carbons (Fsp3) is 0.667. The maximum absolute atomic E-state index is 6.67. The second kappa shape index (κ2) is 4.95. The van der Waals surface area contributed by atoms with Gasteiger partial charge in [0.1, 0.15) is 0 Å². The van der Waals surface area contributed by atoms with Crippen LogP contribution >= 0.6 is 18.8 Å². The molecular formula is C9H16Cl2N3OPt. The van der Waals surface area contributed by atoms with Gasteiger partial charge < -0.3 is 0 Å². The van der Waals surface area contributed by atoms with Crippen molar-refractivity contribution in [1.82, 2.24) is 12.6 Å². The van der Waals surface area contributed by atoms with Crippen LogP contribution in [0.3, 0.4) is 0 Å². The first-order valence-electron chi connectivity index (χ1n) is 4.94. The van der Waals surface area contributed by atoms with Crippen LogP contribution in [0.25, 0.3) is 0 Å². The molecule has 1 fully saturated rings. The van der Waals surface area contributed by atoms with E-state index in [1.165, 1.54) is 0 Å². The van der Waals surface area contributed by atoms with Crippen molar-refractivity contribution in [1.29, 1.82) is 0 Å². The van der Waals surface area contributed by atoms with Crippen LogP contribution < -0.4 is 0 Å². The summed E-state index contributed by atoms with van der Waals surface area (Å²) in [6.45, 7) is 3.10. The Morgan fingerprint density at radius 1 is 1.12 bits per heavy atom. The molecule has 0 aromatic carbocycles. The quantitative estimate of drug-likeness (QED) is 0.652. The first-order chi connectivity index (χ1) is 7.53. The molecule has 97 valence electrons. The van der Waals surface area contributed by atoms with Crippen molar-refractivity contribution in [2.45, 2.75) is 0 Å². The summed E-state index contributed by atoms with van der Waals surface area (Å²) in [5, 5.41) is 0. The van der Waals surface area contributed by atoms with Crippen molar-refractivity contribution in [2.75, 3.05) is 26.3 Å². The van der Waals surface area contributed by atoms with Gasteiger partial charge in [0.2, 0.25) is 0 Å². The van der Waals surface area contributed by atoms with E-state index in [9.17, 15) is 0 Å². The van der Waals surface area contributed by atoms with Crippen LogP contribution in [0.5, 0.6) is 0 Å². The normalized spacial score (nSPS) is 20.0. The van der Waals surface area contributed by atoms with Crippen LogP contribution in [-0.4, -0.2) is 38.9 Å². The van der Waals surface area contributed by atoms with Crippen LogP contribution in [0.1, 0.15) is 0 Å². The Morgan fingerprint density at radius 2 is 1.62 bits per heavy atom. The molecule has 4 nitrogen and oxygen atoms in total. The Kier molecular flexibility index (Phi) is 3.97. The fourth-order valence-electron chi connectivity index (χ4n) is 1.63. The van der Waals surface area contributed by atoms with E-state index in [1.807, 2.05) is 35.6 Å². The molecular weight excluding hydrogens is 432 g/mol. The summed E-state index contributed by atoms with van der Waals surface area (Å²) in [7, 11) is 17.3. The Morgan fingerprint density at radius 3 is 2.12 bits per heavy atom. The van der Waals surface area contributed by atoms with Gasteiger partial charge >= 0.3 is 107 Å². The number of hydrogen-bond acceptors (Lipinski definition) is 2. The molecule has 16 heavy (non-hydrogen) atoms. The number of nitrogens with zero attached hydrogens (tertiary/aromatic N) is 3. The van der Waals surface area contributed by atoms with Crippen LogP contribution in [-0.2, 0) is 32.6 Å². The van der Waals surface area contributed by atoms with Crippen molar-refractivity contribution in [3.05, 3.63) is 16.2 Å². The van der Waals surface area contributed by atoms with Crippen molar-refractivity contribution < 1.29 is 18.5 Å². The number of aromatic nitrogens is 2. The molecule has 2 heterocycles.